The standard InChI is InChI=1S/C18H17N5O4S/c1-2-9-22-16(11-19-17(24)15-4-3-10-27-15)20-21-18(22)28-12-13-5-7-14(8-6-13)23(25)26/h2-8,10H,1,9,11-12H2,(H,19,24). The fourth-order valence-corrected chi connectivity index (χ4v) is 3.31. The maximum Gasteiger partial charge on any atom is 0.287 e. The Morgan fingerprint density at radius 3 is 2.75 bits per heavy atom. The minimum absolute atomic E-state index is 0.0539. The van der Waals surface area contributed by atoms with E-state index in [1.165, 1.54) is 30.2 Å². The number of carbonyl (C=O) groups excluding carboxylic acids is 1. The zero-order valence-corrected chi connectivity index (χ0v) is 15.6. The second-order valence-corrected chi connectivity index (χ2v) is 6.61. The second-order valence-electron chi connectivity index (χ2n) is 5.67. The number of nitrogens with one attached hydrogen (secondary N) is 1. The first-order valence-corrected chi connectivity index (χ1v) is 9.28. The predicted octanol–water partition coefficient (Wildman–Crippen LogP) is 3.19. The highest BCUT2D eigenvalue weighted by atomic mass is 32.2. The van der Waals surface area contributed by atoms with Crippen LogP contribution in [0.25, 0.3) is 0 Å². The van der Waals surface area contributed by atoms with E-state index in [1.807, 2.05) is 4.57 Å². The van der Waals surface area contributed by atoms with E-state index >= 15 is 0 Å². The number of nitrogens with zero attached hydrogens (tertiary/aromatic N) is 4. The lowest BCUT2D eigenvalue weighted by Gasteiger charge is -2.08. The third-order valence-electron chi connectivity index (χ3n) is 3.77. The van der Waals surface area contributed by atoms with E-state index in [1.54, 1.807) is 30.3 Å². The zero-order chi connectivity index (χ0) is 19.9. The summed E-state index contributed by atoms with van der Waals surface area (Å²) in [5, 5.41) is 22.5. The molecule has 2 aromatic heterocycles. The Labute approximate surface area is 164 Å². The number of nitro benzene ring substituents is 1. The summed E-state index contributed by atoms with van der Waals surface area (Å²) in [4.78, 5) is 22.3. The molecule has 0 fully saturated rings. The normalized spacial score (nSPS) is 10.6. The first kappa shape index (κ1) is 19.4. The first-order chi connectivity index (χ1) is 13.6. The largest absolute Gasteiger partial charge is 0.459 e. The van der Waals surface area contributed by atoms with Gasteiger partial charge in [-0.3, -0.25) is 14.9 Å². The highest BCUT2D eigenvalue weighted by molar-refractivity contribution is 7.98. The van der Waals surface area contributed by atoms with Crippen LogP contribution in [0, 0.1) is 10.1 Å². The van der Waals surface area contributed by atoms with Gasteiger partial charge in [-0.05, 0) is 17.7 Å². The molecule has 0 saturated heterocycles. The van der Waals surface area contributed by atoms with Crippen LogP contribution in [-0.4, -0.2) is 25.6 Å². The van der Waals surface area contributed by atoms with Gasteiger partial charge < -0.3 is 14.3 Å². The average Bonchev–Trinajstić information content (AvgIpc) is 3.36. The Hall–Kier alpha value is -3.40. The molecule has 3 aromatic rings. The summed E-state index contributed by atoms with van der Waals surface area (Å²) in [7, 11) is 0. The fourth-order valence-electron chi connectivity index (χ4n) is 2.38. The number of nitro groups is 1. The van der Waals surface area contributed by atoms with Gasteiger partial charge in [-0.25, -0.2) is 0 Å². The van der Waals surface area contributed by atoms with Gasteiger partial charge in [0.1, 0.15) is 0 Å². The van der Waals surface area contributed by atoms with Crippen LogP contribution in [-0.2, 0) is 18.8 Å². The lowest BCUT2D eigenvalue weighted by Crippen LogP contribution is -2.24. The molecule has 0 bridgehead atoms. The smallest absolute Gasteiger partial charge is 0.287 e. The summed E-state index contributed by atoms with van der Waals surface area (Å²) in [6.45, 7) is 4.43. The van der Waals surface area contributed by atoms with Gasteiger partial charge in [0, 0.05) is 24.4 Å². The molecule has 1 aromatic carbocycles. The van der Waals surface area contributed by atoms with Crippen LogP contribution in [0.3, 0.4) is 0 Å². The summed E-state index contributed by atoms with van der Waals surface area (Å²) in [5.41, 5.74) is 0.981. The third-order valence-corrected chi connectivity index (χ3v) is 4.81. The molecular formula is C18H17N5O4S. The summed E-state index contributed by atoms with van der Waals surface area (Å²) in [6.07, 6.45) is 3.15. The topological polar surface area (TPSA) is 116 Å². The van der Waals surface area contributed by atoms with Crippen molar-refractivity contribution in [3.8, 4) is 0 Å². The van der Waals surface area contributed by atoms with E-state index in [9.17, 15) is 14.9 Å². The van der Waals surface area contributed by atoms with E-state index in [-0.39, 0.29) is 23.9 Å². The lowest BCUT2D eigenvalue weighted by molar-refractivity contribution is -0.384. The number of furan rings is 1. The van der Waals surface area contributed by atoms with Crippen molar-refractivity contribution < 1.29 is 14.1 Å². The van der Waals surface area contributed by atoms with Crippen LogP contribution >= 0.6 is 11.8 Å². The van der Waals surface area contributed by atoms with Gasteiger partial charge in [0.15, 0.2) is 16.7 Å². The van der Waals surface area contributed by atoms with E-state index in [0.29, 0.717) is 23.3 Å². The first-order valence-electron chi connectivity index (χ1n) is 8.29. The molecule has 0 spiro atoms. The molecule has 1 amide bonds. The number of allylic oxidation sites excluding steroid dienone is 1. The Morgan fingerprint density at radius 2 is 2.11 bits per heavy atom. The van der Waals surface area contributed by atoms with Crippen molar-refractivity contribution in [3.63, 3.8) is 0 Å². The number of thioether (sulfide) groups is 1. The van der Waals surface area contributed by atoms with Gasteiger partial charge in [0.2, 0.25) is 0 Å². The SMILES string of the molecule is C=CCn1c(CNC(=O)c2ccco2)nnc1SCc1ccc([N+](=O)[O-])cc1. The van der Waals surface area contributed by atoms with Gasteiger partial charge in [-0.1, -0.05) is 30.0 Å². The number of non-ortho nitro benzene ring substituents is 1. The second kappa shape index (κ2) is 9.00. The Morgan fingerprint density at radius 1 is 1.32 bits per heavy atom. The van der Waals surface area contributed by atoms with Crippen LogP contribution in [0.2, 0.25) is 0 Å². The number of hydrogen-bond donors (Lipinski definition) is 1. The Bertz CT molecular complexity index is 967. The van der Waals surface area contributed by atoms with Gasteiger partial charge in [-0.2, -0.15) is 0 Å². The van der Waals surface area contributed by atoms with Crippen molar-refractivity contribution in [3.05, 3.63) is 82.6 Å². The van der Waals surface area contributed by atoms with Gasteiger partial charge in [0.25, 0.3) is 11.6 Å². The molecule has 3 rings (SSSR count). The van der Waals surface area contributed by atoms with E-state index < -0.39 is 4.92 Å². The van der Waals surface area contributed by atoms with Gasteiger partial charge in [-0.15, -0.1) is 16.8 Å². The van der Waals surface area contributed by atoms with Crippen molar-refractivity contribution in [2.45, 2.75) is 24.0 Å². The molecule has 28 heavy (non-hydrogen) atoms. The molecule has 2 heterocycles. The van der Waals surface area contributed by atoms with Crippen LogP contribution in [0.15, 0.2) is 64.9 Å². The van der Waals surface area contributed by atoms with Crippen LogP contribution in [0.5, 0.6) is 0 Å². The minimum Gasteiger partial charge on any atom is -0.459 e. The van der Waals surface area contributed by atoms with Crippen LogP contribution in [0.4, 0.5) is 5.69 Å². The molecule has 0 unspecified atom stereocenters. The van der Waals surface area contributed by atoms with Gasteiger partial charge in [0.05, 0.1) is 17.7 Å². The summed E-state index contributed by atoms with van der Waals surface area (Å²) in [5.74, 6) is 1.05. The maximum atomic E-state index is 12.0. The van der Waals surface area contributed by atoms with Crippen molar-refractivity contribution in [2.75, 3.05) is 0 Å². The van der Waals surface area contributed by atoms with Crippen LogP contribution < -0.4 is 5.32 Å². The van der Waals surface area contributed by atoms with Crippen molar-refractivity contribution in [1.29, 1.82) is 0 Å². The summed E-state index contributed by atoms with van der Waals surface area (Å²) in [6, 6.07) is 9.59. The monoisotopic (exact) mass is 399 g/mol. The van der Waals surface area contributed by atoms with Crippen molar-refractivity contribution in [1.82, 2.24) is 20.1 Å². The number of aromatic nitrogens is 3. The number of hydrogen-bond acceptors (Lipinski definition) is 7. The molecule has 10 heteroatoms. The fraction of sp³-hybridized carbons (Fsp3) is 0.167. The van der Waals surface area contributed by atoms with E-state index in [2.05, 4.69) is 22.1 Å². The quantitative estimate of drug-likeness (QED) is 0.254. The molecular weight excluding hydrogens is 382 g/mol. The van der Waals surface area contributed by atoms with Crippen molar-refractivity contribution >= 4 is 23.4 Å². The highest BCUT2D eigenvalue weighted by Gasteiger charge is 2.15. The Kier molecular flexibility index (Phi) is 6.22. The summed E-state index contributed by atoms with van der Waals surface area (Å²) < 4.78 is 6.91. The third kappa shape index (κ3) is 4.65. The maximum absolute atomic E-state index is 12.0. The molecule has 0 atom stereocenters. The lowest BCUT2D eigenvalue weighted by atomic mass is 10.2. The average molecular weight is 399 g/mol. The molecule has 0 aliphatic carbocycles. The molecule has 0 aliphatic rings. The number of amides is 1. The molecule has 144 valence electrons. The molecule has 0 aliphatic heterocycles. The molecule has 0 saturated carbocycles. The van der Waals surface area contributed by atoms with E-state index in [4.69, 9.17) is 4.42 Å². The van der Waals surface area contributed by atoms with Crippen molar-refractivity contribution in [2.24, 2.45) is 0 Å². The van der Waals surface area contributed by atoms with E-state index in [0.717, 1.165) is 5.56 Å². The predicted molar refractivity (Wildman–Crippen MR) is 103 cm³/mol. The Balaban J connectivity index is 1.65. The highest BCUT2D eigenvalue weighted by Crippen LogP contribution is 2.23. The van der Waals surface area contributed by atoms with Crippen LogP contribution in [0.1, 0.15) is 21.9 Å². The number of rotatable bonds is 9. The molecule has 0 radical (unpaired) electrons. The molecule has 1 N–H and O–H groups in total. The number of carbonyl (C=O) groups is 1. The number of benzene rings is 1. The molecule has 9 nitrogen and oxygen atoms in total. The van der Waals surface area contributed by atoms with Gasteiger partial charge >= 0.3 is 0 Å². The minimum atomic E-state index is -0.430. The summed E-state index contributed by atoms with van der Waals surface area (Å²) >= 11 is 1.45. The zero-order valence-electron chi connectivity index (χ0n) is 14.8.